The summed E-state index contributed by atoms with van der Waals surface area (Å²) in [5.41, 5.74) is 1.88. The Labute approximate surface area is 284 Å². The number of pyridine rings is 2. The Morgan fingerprint density at radius 2 is 1.92 bits per heavy atom. The molecule has 1 aromatic carbocycles. The van der Waals surface area contributed by atoms with Crippen molar-refractivity contribution < 1.29 is 33.7 Å². The van der Waals surface area contributed by atoms with E-state index in [1.807, 2.05) is 0 Å². The van der Waals surface area contributed by atoms with Crippen LogP contribution < -0.4 is 10.9 Å². The summed E-state index contributed by atoms with van der Waals surface area (Å²) in [7, 11) is 0. The molecule has 49 heavy (non-hydrogen) atoms. The normalized spacial score (nSPS) is 19.6. The third kappa shape index (κ3) is 6.14. The Bertz CT molecular complexity index is 1900. The number of hydrogen-bond acceptors (Lipinski definition) is 8. The first-order chi connectivity index (χ1) is 23.4. The second-order valence-electron chi connectivity index (χ2n) is 13.8. The number of halogens is 1. The molecule has 3 aliphatic rings. The maximum atomic E-state index is 15.3. The first-order valence-electron chi connectivity index (χ1n) is 17.5. The summed E-state index contributed by atoms with van der Waals surface area (Å²) in [5, 5.41) is 25.3. The zero-order valence-electron chi connectivity index (χ0n) is 28.7. The summed E-state index contributed by atoms with van der Waals surface area (Å²) < 4.78 is 22.0. The van der Waals surface area contributed by atoms with Gasteiger partial charge >= 0.3 is 5.97 Å². The molecule has 1 aliphatic carbocycles. The first kappa shape index (κ1) is 34.7. The highest BCUT2D eigenvalue weighted by atomic mass is 19.1. The number of carbonyl (C=O) groups excluding carboxylic acids is 3. The summed E-state index contributed by atoms with van der Waals surface area (Å²) in [6.45, 7) is 6.73. The molecule has 3 aromatic rings. The predicted octanol–water partition coefficient (Wildman–Crippen LogP) is 4.20. The maximum Gasteiger partial charge on any atom is 0.343 e. The van der Waals surface area contributed by atoms with Gasteiger partial charge in [0.2, 0.25) is 11.8 Å². The van der Waals surface area contributed by atoms with Crippen LogP contribution in [0, 0.1) is 12.7 Å². The molecule has 0 saturated heterocycles. The van der Waals surface area contributed by atoms with Crippen LogP contribution in [0.15, 0.2) is 16.9 Å². The van der Waals surface area contributed by atoms with Gasteiger partial charge in [0, 0.05) is 35.5 Å². The van der Waals surface area contributed by atoms with E-state index in [0.717, 1.165) is 42.2 Å². The van der Waals surface area contributed by atoms with Gasteiger partial charge in [-0.2, -0.15) is 0 Å². The number of fused-ring (bicyclic) bond motifs is 5. The van der Waals surface area contributed by atoms with E-state index in [0.29, 0.717) is 53.7 Å². The van der Waals surface area contributed by atoms with Crippen LogP contribution in [0.2, 0.25) is 0 Å². The smallest absolute Gasteiger partial charge is 0.343 e. The lowest BCUT2D eigenvalue weighted by Gasteiger charge is -2.31. The van der Waals surface area contributed by atoms with Crippen molar-refractivity contribution >= 4 is 28.7 Å². The first-order valence-corrected chi connectivity index (χ1v) is 17.5. The van der Waals surface area contributed by atoms with Gasteiger partial charge in [0.25, 0.3) is 5.56 Å². The molecule has 2 unspecified atom stereocenters. The van der Waals surface area contributed by atoms with Crippen LogP contribution in [0.3, 0.4) is 0 Å². The van der Waals surface area contributed by atoms with Crippen molar-refractivity contribution in [1.82, 2.24) is 19.8 Å². The molecular formula is C37H45FN4O7. The molecule has 262 valence electrons. The molecule has 6 rings (SSSR count). The fourth-order valence-corrected chi connectivity index (χ4v) is 7.72. The lowest BCUT2D eigenvalue weighted by Crippen LogP contribution is -2.45. The van der Waals surface area contributed by atoms with Gasteiger partial charge in [-0.15, -0.1) is 0 Å². The predicted molar refractivity (Wildman–Crippen MR) is 180 cm³/mol. The third-order valence-corrected chi connectivity index (χ3v) is 10.4. The largest absolute Gasteiger partial charge is 0.458 e. The Morgan fingerprint density at radius 1 is 1.16 bits per heavy atom. The van der Waals surface area contributed by atoms with Gasteiger partial charge in [-0.05, 0) is 62.3 Å². The van der Waals surface area contributed by atoms with Crippen LogP contribution in [0.25, 0.3) is 22.3 Å². The molecule has 0 bridgehead atoms. The van der Waals surface area contributed by atoms with Crippen molar-refractivity contribution in [3.63, 3.8) is 0 Å². The topological polar surface area (TPSA) is 151 Å². The van der Waals surface area contributed by atoms with Gasteiger partial charge in [0.1, 0.15) is 12.4 Å². The summed E-state index contributed by atoms with van der Waals surface area (Å²) in [4.78, 5) is 59.6. The molecule has 11 nitrogen and oxygen atoms in total. The van der Waals surface area contributed by atoms with Crippen molar-refractivity contribution in [3.05, 3.63) is 61.7 Å². The molecular weight excluding hydrogens is 631 g/mol. The molecule has 2 aromatic heterocycles. The number of esters is 1. The van der Waals surface area contributed by atoms with Crippen LogP contribution in [-0.4, -0.2) is 61.6 Å². The number of unbranched alkanes of at least 4 members (excludes halogenated alkanes) is 4. The SMILES string of the molecule is CCCCCCCC(=O)N(CC(=O)NC1CCc2c(C)c(F)cc3nc4c(c1c23)Cn1c-4cc2c(c1=O)COC(=O)[C@]2(O)CC)CC(C)O. The van der Waals surface area contributed by atoms with E-state index in [-0.39, 0.29) is 49.7 Å². The van der Waals surface area contributed by atoms with Crippen molar-refractivity contribution in [2.45, 2.75) is 116 Å². The van der Waals surface area contributed by atoms with Crippen molar-refractivity contribution in [1.29, 1.82) is 0 Å². The average molecular weight is 677 g/mol. The number of aliphatic hydroxyl groups excluding tert-OH is 1. The minimum absolute atomic E-state index is 0.000370. The van der Waals surface area contributed by atoms with Gasteiger partial charge in [-0.3, -0.25) is 14.4 Å². The number of amides is 2. The number of rotatable bonds is 12. The number of nitrogens with one attached hydrogen (secondary N) is 1. The second-order valence-corrected chi connectivity index (χ2v) is 13.8. The summed E-state index contributed by atoms with van der Waals surface area (Å²) in [6.07, 6.45) is 5.31. The molecule has 0 spiro atoms. The number of aliphatic hydroxyl groups is 2. The molecule has 2 amide bonds. The molecule has 0 saturated carbocycles. The van der Waals surface area contributed by atoms with E-state index >= 15 is 4.39 Å². The molecule has 3 atom stereocenters. The van der Waals surface area contributed by atoms with Gasteiger partial charge < -0.3 is 29.7 Å². The van der Waals surface area contributed by atoms with Crippen LogP contribution in [0.4, 0.5) is 4.39 Å². The number of hydrogen-bond donors (Lipinski definition) is 3. The van der Waals surface area contributed by atoms with Gasteiger partial charge in [-0.25, -0.2) is 14.2 Å². The lowest BCUT2D eigenvalue weighted by molar-refractivity contribution is -0.172. The minimum atomic E-state index is -1.99. The van der Waals surface area contributed by atoms with Gasteiger partial charge in [0.05, 0.1) is 47.7 Å². The fraction of sp³-hybridized carbons (Fsp3) is 0.541. The third-order valence-electron chi connectivity index (χ3n) is 10.4. The molecule has 4 heterocycles. The Kier molecular flexibility index (Phi) is 9.65. The van der Waals surface area contributed by atoms with E-state index in [2.05, 4.69) is 12.2 Å². The minimum Gasteiger partial charge on any atom is -0.458 e. The Balaban J connectivity index is 1.37. The summed E-state index contributed by atoms with van der Waals surface area (Å²) in [5.74, 6) is -1.81. The molecule has 3 N–H and O–H groups in total. The molecule has 2 aliphatic heterocycles. The van der Waals surface area contributed by atoms with Gasteiger partial charge in [0.15, 0.2) is 5.60 Å². The van der Waals surface area contributed by atoms with E-state index in [1.165, 1.54) is 15.5 Å². The second kappa shape index (κ2) is 13.6. The van der Waals surface area contributed by atoms with Crippen molar-refractivity contribution in [3.8, 4) is 11.4 Å². The van der Waals surface area contributed by atoms with E-state index in [9.17, 15) is 29.4 Å². The highest BCUT2D eigenvalue weighted by Gasteiger charge is 2.46. The van der Waals surface area contributed by atoms with Crippen LogP contribution in [0.1, 0.15) is 112 Å². The highest BCUT2D eigenvalue weighted by Crippen LogP contribution is 2.46. The quantitative estimate of drug-likeness (QED) is 0.149. The lowest BCUT2D eigenvalue weighted by atomic mass is 9.81. The zero-order chi connectivity index (χ0) is 35.2. The Hall–Kier alpha value is -4.16. The van der Waals surface area contributed by atoms with Crippen LogP contribution >= 0.6 is 0 Å². The van der Waals surface area contributed by atoms with E-state index < -0.39 is 41.0 Å². The molecule has 12 heteroatoms. The monoisotopic (exact) mass is 676 g/mol. The number of benzene rings is 1. The average Bonchev–Trinajstić information content (AvgIpc) is 3.43. The Morgan fingerprint density at radius 3 is 2.63 bits per heavy atom. The molecule has 0 fully saturated rings. The van der Waals surface area contributed by atoms with Crippen LogP contribution in [-0.2, 0) is 44.3 Å². The van der Waals surface area contributed by atoms with Crippen molar-refractivity contribution in [2.24, 2.45) is 0 Å². The maximum absolute atomic E-state index is 15.3. The van der Waals surface area contributed by atoms with E-state index in [4.69, 9.17) is 9.72 Å². The number of aromatic nitrogens is 2. The number of nitrogens with zero attached hydrogens (tertiary/aromatic N) is 3. The van der Waals surface area contributed by atoms with Crippen LogP contribution in [0.5, 0.6) is 0 Å². The number of aryl methyl sites for hydroxylation is 1. The number of ether oxygens (including phenoxy) is 1. The van der Waals surface area contributed by atoms with Crippen molar-refractivity contribution in [2.75, 3.05) is 13.1 Å². The zero-order valence-corrected chi connectivity index (χ0v) is 28.7. The summed E-state index contributed by atoms with van der Waals surface area (Å²) in [6, 6.07) is 2.45. The number of cyclic esters (lactones) is 1. The molecule has 0 radical (unpaired) electrons. The highest BCUT2D eigenvalue weighted by molar-refractivity contribution is 5.94. The van der Waals surface area contributed by atoms with Gasteiger partial charge in [-0.1, -0.05) is 39.5 Å². The summed E-state index contributed by atoms with van der Waals surface area (Å²) >= 11 is 0. The van der Waals surface area contributed by atoms with E-state index in [1.54, 1.807) is 26.8 Å². The standard InChI is InChI=1S/C37H45FN4O7/c1-5-7-8-9-10-11-31(45)41(16-20(3)43)18-30(44)39-27-13-12-22-21(4)26(38)15-28-32(22)33(27)23-17-42-29(34(23)40-28)14-25-24(35(42)46)19-49-36(47)37(25,48)6-2/h14-15,20,27,43,48H,5-13,16-19H2,1-4H3,(H,39,44)/t20?,27?,37-/m0/s1. The number of carbonyl (C=O) groups is 3. The fourth-order valence-electron chi connectivity index (χ4n) is 7.72.